The Hall–Kier alpha value is -2.82. The molecule has 2 N–H and O–H groups in total. The average molecular weight is 377 g/mol. The van der Waals surface area contributed by atoms with Crippen molar-refractivity contribution in [3.05, 3.63) is 60.2 Å². The summed E-state index contributed by atoms with van der Waals surface area (Å²) in [5.41, 5.74) is 2.62. The van der Waals surface area contributed by atoms with Crippen LogP contribution in [0.1, 0.15) is 43.7 Å². The molecule has 1 atom stereocenters. The Kier molecular flexibility index (Phi) is 5.60. The zero-order chi connectivity index (χ0) is 19.3. The molecule has 4 rings (SSSR count). The van der Waals surface area contributed by atoms with Gasteiger partial charge in [-0.25, -0.2) is 0 Å². The van der Waals surface area contributed by atoms with Crippen LogP contribution in [0.4, 0.5) is 11.4 Å². The van der Waals surface area contributed by atoms with E-state index in [1.165, 1.54) is 6.42 Å². The molecule has 0 aromatic heterocycles. The molecule has 1 aliphatic heterocycles. The van der Waals surface area contributed by atoms with Gasteiger partial charge >= 0.3 is 0 Å². The molecule has 2 aromatic rings. The topological polar surface area (TPSA) is 61.4 Å². The van der Waals surface area contributed by atoms with Gasteiger partial charge in [-0.05, 0) is 61.9 Å². The molecule has 2 aromatic carbocycles. The van der Waals surface area contributed by atoms with Crippen LogP contribution in [0, 0.1) is 5.92 Å². The summed E-state index contributed by atoms with van der Waals surface area (Å²) in [7, 11) is 0. The molecule has 1 saturated carbocycles. The maximum Gasteiger partial charge on any atom is 0.249 e. The third-order valence-corrected chi connectivity index (χ3v) is 5.46. The van der Waals surface area contributed by atoms with Crippen LogP contribution in [-0.2, 0) is 9.59 Å². The second-order valence-electron chi connectivity index (χ2n) is 7.71. The van der Waals surface area contributed by atoms with Crippen LogP contribution in [0.5, 0.6) is 0 Å². The Labute approximate surface area is 166 Å². The molecular formula is C23H27N3O2. The molecule has 2 fully saturated rings. The van der Waals surface area contributed by atoms with Crippen molar-refractivity contribution in [2.24, 2.45) is 5.92 Å². The third kappa shape index (κ3) is 4.53. The van der Waals surface area contributed by atoms with E-state index >= 15 is 0 Å². The van der Waals surface area contributed by atoms with Gasteiger partial charge in [-0.2, -0.15) is 0 Å². The number of likely N-dealkylation sites (tertiary alicyclic amines) is 1. The lowest BCUT2D eigenvalue weighted by Gasteiger charge is -2.31. The number of hydrogen-bond donors (Lipinski definition) is 2. The number of nitrogens with zero attached hydrogens (tertiary/aromatic N) is 1. The normalized spacial score (nSPS) is 17.6. The number of amides is 2. The lowest BCUT2D eigenvalue weighted by molar-refractivity contribution is -0.133. The third-order valence-electron chi connectivity index (χ3n) is 5.46. The van der Waals surface area contributed by atoms with E-state index in [-0.39, 0.29) is 17.7 Å². The van der Waals surface area contributed by atoms with E-state index in [2.05, 4.69) is 10.6 Å². The van der Waals surface area contributed by atoms with Gasteiger partial charge in [0.05, 0.1) is 0 Å². The van der Waals surface area contributed by atoms with E-state index in [0.717, 1.165) is 55.7 Å². The second-order valence-corrected chi connectivity index (χ2v) is 7.71. The van der Waals surface area contributed by atoms with Crippen LogP contribution in [-0.4, -0.2) is 29.8 Å². The highest BCUT2D eigenvalue weighted by Gasteiger charge is 2.30. The Morgan fingerprint density at radius 2 is 1.50 bits per heavy atom. The first kappa shape index (κ1) is 18.5. The fourth-order valence-electron chi connectivity index (χ4n) is 3.64. The maximum absolute atomic E-state index is 13.2. The standard InChI is InChI=1S/C23H27N3O2/c27-22(18-9-10-18)25-20-13-11-19(12-14-20)24-21(17-7-3-1-4-8-17)23(28)26-15-5-2-6-16-26/h1,3-4,7-8,11-14,18,21,24H,2,5-6,9-10,15-16H2,(H,25,27). The Balaban J connectivity index is 1.48. The Morgan fingerprint density at radius 3 is 2.14 bits per heavy atom. The van der Waals surface area contributed by atoms with Crippen molar-refractivity contribution in [1.29, 1.82) is 0 Å². The maximum atomic E-state index is 13.2. The van der Waals surface area contributed by atoms with Crippen LogP contribution >= 0.6 is 0 Å². The highest BCUT2D eigenvalue weighted by molar-refractivity contribution is 5.94. The quantitative estimate of drug-likeness (QED) is 0.793. The fraction of sp³-hybridized carbons (Fsp3) is 0.391. The van der Waals surface area contributed by atoms with Gasteiger partial charge in [-0.15, -0.1) is 0 Å². The minimum absolute atomic E-state index is 0.100. The summed E-state index contributed by atoms with van der Waals surface area (Å²) in [4.78, 5) is 27.1. The molecule has 2 amide bonds. The lowest BCUT2D eigenvalue weighted by Crippen LogP contribution is -2.41. The Morgan fingerprint density at radius 1 is 0.857 bits per heavy atom. The van der Waals surface area contributed by atoms with Crippen LogP contribution in [0.15, 0.2) is 54.6 Å². The highest BCUT2D eigenvalue weighted by Crippen LogP contribution is 2.30. The van der Waals surface area contributed by atoms with Gasteiger partial charge in [0.25, 0.3) is 0 Å². The summed E-state index contributed by atoms with van der Waals surface area (Å²) < 4.78 is 0. The van der Waals surface area contributed by atoms with Crippen LogP contribution in [0.2, 0.25) is 0 Å². The molecule has 5 nitrogen and oxygen atoms in total. The molecule has 1 aliphatic carbocycles. The van der Waals surface area contributed by atoms with Gasteiger partial charge in [0, 0.05) is 30.4 Å². The number of nitrogens with one attached hydrogen (secondary N) is 2. The summed E-state index contributed by atoms with van der Waals surface area (Å²) in [6.07, 6.45) is 5.32. The van der Waals surface area contributed by atoms with Gasteiger partial charge in [0.1, 0.15) is 6.04 Å². The summed E-state index contributed by atoms with van der Waals surface area (Å²) >= 11 is 0. The van der Waals surface area contributed by atoms with Gasteiger partial charge in [-0.3, -0.25) is 9.59 Å². The zero-order valence-electron chi connectivity index (χ0n) is 16.1. The van der Waals surface area contributed by atoms with E-state index in [1.807, 2.05) is 59.5 Å². The van der Waals surface area contributed by atoms with Crippen molar-refractivity contribution in [2.75, 3.05) is 23.7 Å². The fourth-order valence-corrected chi connectivity index (χ4v) is 3.64. The number of carbonyl (C=O) groups is 2. The highest BCUT2D eigenvalue weighted by atomic mass is 16.2. The number of benzene rings is 2. The van der Waals surface area contributed by atoms with E-state index in [0.29, 0.717) is 0 Å². The predicted octanol–water partition coefficient (Wildman–Crippen LogP) is 4.20. The molecular weight excluding hydrogens is 350 g/mol. The SMILES string of the molecule is O=C(Nc1ccc(NC(C(=O)N2CCCCC2)c2ccccc2)cc1)C1CC1. The molecule has 0 bridgehead atoms. The largest absolute Gasteiger partial charge is 0.370 e. The second kappa shape index (κ2) is 8.46. The van der Waals surface area contributed by atoms with E-state index in [9.17, 15) is 9.59 Å². The molecule has 1 saturated heterocycles. The lowest BCUT2D eigenvalue weighted by atomic mass is 10.0. The van der Waals surface area contributed by atoms with Gasteiger partial charge in [0.15, 0.2) is 0 Å². The molecule has 0 radical (unpaired) electrons. The summed E-state index contributed by atoms with van der Waals surface area (Å²) in [5.74, 6) is 0.405. The summed E-state index contributed by atoms with van der Waals surface area (Å²) in [6, 6.07) is 17.1. The van der Waals surface area contributed by atoms with Gasteiger partial charge < -0.3 is 15.5 Å². The zero-order valence-corrected chi connectivity index (χ0v) is 16.1. The minimum atomic E-state index is -0.411. The van der Waals surface area contributed by atoms with E-state index in [4.69, 9.17) is 0 Å². The minimum Gasteiger partial charge on any atom is -0.370 e. The number of piperidine rings is 1. The molecule has 1 unspecified atom stereocenters. The van der Waals surface area contributed by atoms with Crippen molar-refractivity contribution in [3.8, 4) is 0 Å². The van der Waals surface area contributed by atoms with Crippen LogP contribution in [0.3, 0.4) is 0 Å². The van der Waals surface area contributed by atoms with Crippen molar-refractivity contribution >= 4 is 23.2 Å². The molecule has 146 valence electrons. The summed E-state index contributed by atoms with van der Waals surface area (Å²) in [6.45, 7) is 1.66. The van der Waals surface area contributed by atoms with Crippen molar-refractivity contribution < 1.29 is 9.59 Å². The molecule has 5 heteroatoms. The number of hydrogen-bond acceptors (Lipinski definition) is 3. The van der Waals surface area contributed by atoms with Crippen LogP contribution in [0.25, 0.3) is 0 Å². The van der Waals surface area contributed by atoms with Gasteiger partial charge in [0.2, 0.25) is 11.8 Å². The Bertz CT molecular complexity index is 810. The first-order valence-electron chi connectivity index (χ1n) is 10.2. The first-order valence-corrected chi connectivity index (χ1v) is 10.2. The first-order chi connectivity index (χ1) is 13.7. The smallest absolute Gasteiger partial charge is 0.249 e. The van der Waals surface area contributed by atoms with E-state index in [1.54, 1.807) is 0 Å². The molecule has 1 heterocycles. The van der Waals surface area contributed by atoms with E-state index < -0.39 is 6.04 Å². The summed E-state index contributed by atoms with van der Waals surface area (Å²) in [5, 5.41) is 6.35. The van der Waals surface area contributed by atoms with Crippen molar-refractivity contribution in [3.63, 3.8) is 0 Å². The van der Waals surface area contributed by atoms with Crippen molar-refractivity contribution in [1.82, 2.24) is 4.90 Å². The van der Waals surface area contributed by atoms with Crippen LogP contribution < -0.4 is 10.6 Å². The molecule has 2 aliphatic rings. The monoisotopic (exact) mass is 377 g/mol. The van der Waals surface area contributed by atoms with Crippen molar-refractivity contribution in [2.45, 2.75) is 38.1 Å². The molecule has 0 spiro atoms. The number of rotatable bonds is 6. The predicted molar refractivity (Wildman–Crippen MR) is 111 cm³/mol. The number of anilines is 2. The molecule has 28 heavy (non-hydrogen) atoms. The average Bonchev–Trinajstić information content (AvgIpc) is 3.59. The number of carbonyl (C=O) groups excluding carboxylic acids is 2. The van der Waals surface area contributed by atoms with Gasteiger partial charge in [-0.1, -0.05) is 30.3 Å².